The number of nitrogens with one attached hydrogen (secondary N) is 1. The molecule has 0 aromatic heterocycles. The second-order valence-electron chi connectivity index (χ2n) is 7.67. The topological polar surface area (TPSA) is 112 Å². The van der Waals surface area contributed by atoms with E-state index in [1.807, 2.05) is 30.3 Å². The van der Waals surface area contributed by atoms with E-state index in [0.717, 1.165) is 11.1 Å². The normalized spacial score (nSPS) is 12.0. The van der Waals surface area contributed by atoms with Crippen molar-refractivity contribution in [2.75, 3.05) is 13.7 Å². The highest BCUT2D eigenvalue weighted by atomic mass is 19.1. The molecule has 3 aromatic rings. The number of amides is 2. The third kappa shape index (κ3) is 7.38. The van der Waals surface area contributed by atoms with Crippen LogP contribution in [-0.4, -0.2) is 31.6 Å². The minimum atomic E-state index is -1.11. The van der Waals surface area contributed by atoms with Crippen LogP contribution in [0.2, 0.25) is 0 Å². The van der Waals surface area contributed by atoms with Gasteiger partial charge >= 0.3 is 6.09 Å². The van der Waals surface area contributed by atoms with Gasteiger partial charge in [0.15, 0.2) is 6.10 Å². The highest BCUT2D eigenvalue weighted by Crippen LogP contribution is 2.25. The van der Waals surface area contributed by atoms with E-state index in [-0.39, 0.29) is 31.2 Å². The first-order chi connectivity index (χ1) is 17.4. The predicted molar refractivity (Wildman–Crippen MR) is 133 cm³/mol. The number of methoxy groups -OCH3 is 1. The van der Waals surface area contributed by atoms with Gasteiger partial charge in [-0.15, -0.1) is 0 Å². The number of nitrogens with two attached hydrogens (primary N) is 1. The van der Waals surface area contributed by atoms with E-state index < -0.39 is 23.9 Å². The SMILES string of the molecule is CCOC(C(=O)NCc1ccc(C(N)=NC(=O)OCc2ccccc2)cc1)c1ccc(OC)cc1F. The van der Waals surface area contributed by atoms with Crippen molar-refractivity contribution in [1.29, 1.82) is 0 Å². The van der Waals surface area contributed by atoms with E-state index in [1.54, 1.807) is 37.3 Å². The van der Waals surface area contributed by atoms with Gasteiger partial charge < -0.3 is 25.3 Å². The summed E-state index contributed by atoms with van der Waals surface area (Å²) in [5.41, 5.74) is 8.17. The zero-order chi connectivity index (χ0) is 25.9. The molecule has 1 atom stereocenters. The van der Waals surface area contributed by atoms with Crippen LogP contribution >= 0.6 is 0 Å². The quantitative estimate of drug-likeness (QED) is 0.322. The van der Waals surface area contributed by atoms with Gasteiger partial charge in [0.25, 0.3) is 5.91 Å². The minimum Gasteiger partial charge on any atom is -0.497 e. The molecule has 3 N–H and O–H groups in total. The highest BCUT2D eigenvalue weighted by molar-refractivity contribution is 6.02. The number of hydrogen-bond donors (Lipinski definition) is 2. The number of aliphatic imine (C=N–C) groups is 1. The van der Waals surface area contributed by atoms with Crippen molar-refractivity contribution in [2.45, 2.75) is 26.2 Å². The second-order valence-corrected chi connectivity index (χ2v) is 7.67. The molecule has 9 heteroatoms. The Morgan fingerprint density at radius 3 is 2.39 bits per heavy atom. The van der Waals surface area contributed by atoms with Crippen molar-refractivity contribution >= 4 is 17.8 Å². The van der Waals surface area contributed by atoms with Crippen LogP contribution in [-0.2, 0) is 27.4 Å². The molecule has 2 amide bonds. The molecule has 1 unspecified atom stereocenters. The van der Waals surface area contributed by atoms with Crippen molar-refractivity contribution in [3.05, 3.63) is 101 Å². The Morgan fingerprint density at radius 1 is 1.03 bits per heavy atom. The van der Waals surface area contributed by atoms with Crippen LogP contribution in [0, 0.1) is 5.82 Å². The largest absolute Gasteiger partial charge is 0.497 e. The third-order valence-corrected chi connectivity index (χ3v) is 5.19. The zero-order valence-electron chi connectivity index (χ0n) is 20.1. The molecule has 0 aliphatic carbocycles. The van der Waals surface area contributed by atoms with Crippen molar-refractivity contribution in [3.63, 3.8) is 0 Å². The molecule has 8 nitrogen and oxygen atoms in total. The van der Waals surface area contributed by atoms with Crippen molar-refractivity contribution in [3.8, 4) is 5.75 Å². The second kappa shape index (κ2) is 13.0. The molecule has 36 heavy (non-hydrogen) atoms. The monoisotopic (exact) mass is 493 g/mol. The van der Waals surface area contributed by atoms with E-state index >= 15 is 0 Å². The van der Waals surface area contributed by atoms with E-state index in [1.165, 1.54) is 19.2 Å². The van der Waals surface area contributed by atoms with Gasteiger partial charge in [0.05, 0.1) is 7.11 Å². The summed E-state index contributed by atoms with van der Waals surface area (Å²) in [5, 5.41) is 2.75. The molecule has 0 radical (unpaired) electrons. The number of rotatable bonds is 10. The fourth-order valence-corrected chi connectivity index (χ4v) is 3.31. The lowest BCUT2D eigenvalue weighted by molar-refractivity contribution is -0.133. The summed E-state index contributed by atoms with van der Waals surface area (Å²) in [7, 11) is 1.43. The lowest BCUT2D eigenvalue weighted by Crippen LogP contribution is -2.31. The van der Waals surface area contributed by atoms with Gasteiger partial charge in [-0.1, -0.05) is 54.6 Å². The number of nitrogens with zero attached hydrogens (tertiary/aromatic N) is 1. The van der Waals surface area contributed by atoms with Crippen molar-refractivity contribution in [1.82, 2.24) is 5.32 Å². The summed E-state index contributed by atoms with van der Waals surface area (Å²) in [6, 6.07) is 20.3. The molecule has 0 bridgehead atoms. The van der Waals surface area contributed by atoms with Gasteiger partial charge in [-0.3, -0.25) is 4.79 Å². The molecule has 188 valence electrons. The Morgan fingerprint density at radius 2 is 1.75 bits per heavy atom. The molecule has 0 saturated carbocycles. The summed E-state index contributed by atoms with van der Waals surface area (Å²) < 4.78 is 30.1. The molecule has 0 aliphatic rings. The summed E-state index contributed by atoms with van der Waals surface area (Å²) in [5.74, 6) is -0.717. The zero-order valence-corrected chi connectivity index (χ0v) is 20.1. The maximum atomic E-state index is 14.5. The summed E-state index contributed by atoms with van der Waals surface area (Å²) in [6.45, 7) is 2.23. The van der Waals surface area contributed by atoms with Crippen LogP contribution in [0.3, 0.4) is 0 Å². The molecule has 0 spiro atoms. The average Bonchev–Trinajstić information content (AvgIpc) is 2.90. The van der Waals surface area contributed by atoms with Crippen LogP contribution in [0.1, 0.15) is 35.3 Å². The molecule has 0 heterocycles. The number of halogens is 1. The molecular formula is C27H28FN3O5. The molecule has 3 rings (SSSR count). The maximum Gasteiger partial charge on any atom is 0.435 e. The minimum absolute atomic E-state index is 0.00929. The highest BCUT2D eigenvalue weighted by Gasteiger charge is 2.24. The smallest absolute Gasteiger partial charge is 0.435 e. The first-order valence-electron chi connectivity index (χ1n) is 11.3. The van der Waals surface area contributed by atoms with Crippen LogP contribution in [0.25, 0.3) is 0 Å². The number of carbonyl (C=O) groups is 2. The van der Waals surface area contributed by atoms with E-state index in [2.05, 4.69) is 10.3 Å². The number of carbonyl (C=O) groups excluding carboxylic acids is 2. The van der Waals surface area contributed by atoms with Crippen LogP contribution in [0.15, 0.2) is 77.8 Å². The Labute approximate surface area is 208 Å². The number of hydrogen-bond acceptors (Lipinski definition) is 5. The first kappa shape index (κ1) is 26.4. The Hall–Kier alpha value is -4.24. The van der Waals surface area contributed by atoms with E-state index in [4.69, 9.17) is 19.9 Å². The molecular weight excluding hydrogens is 465 g/mol. The van der Waals surface area contributed by atoms with Crippen LogP contribution in [0.4, 0.5) is 9.18 Å². The van der Waals surface area contributed by atoms with Crippen LogP contribution in [0.5, 0.6) is 5.75 Å². The standard InChI is InChI=1S/C27H28FN3O5/c1-3-35-24(22-14-13-21(34-2)15-23(22)28)26(32)30-16-18-9-11-20(12-10-18)25(29)31-27(33)36-17-19-7-5-4-6-8-19/h4-15,24H,3,16-17H2,1-2H3,(H,30,32)(H2,29,31,33). The Balaban J connectivity index is 1.57. The maximum absolute atomic E-state index is 14.5. The fourth-order valence-electron chi connectivity index (χ4n) is 3.31. The van der Waals surface area contributed by atoms with Gasteiger partial charge in [0.1, 0.15) is 24.0 Å². The molecule has 0 aliphatic heterocycles. The van der Waals surface area contributed by atoms with Crippen molar-refractivity contribution in [2.24, 2.45) is 10.7 Å². The predicted octanol–water partition coefficient (Wildman–Crippen LogP) is 4.27. The summed E-state index contributed by atoms with van der Waals surface area (Å²) in [6.07, 6.45) is -1.90. The van der Waals surface area contributed by atoms with Gasteiger partial charge in [0.2, 0.25) is 0 Å². The number of benzene rings is 3. The first-order valence-corrected chi connectivity index (χ1v) is 11.3. The third-order valence-electron chi connectivity index (χ3n) is 5.19. The van der Waals surface area contributed by atoms with Crippen LogP contribution < -0.4 is 15.8 Å². The van der Waals surface area contributed by atoms with Gasteiger partial charge in [-0.25, -0.2) is 9.18 Å². The lowest BCUT2D eigenvalue weighted by atomic mass is 10.1. The van der Waals surface area contributed by atoms with E-state index in [0.29, 0.717) is 11.3 Å². The molecule has 0 fully saturated rings. The molecule has 3 aromatic carbocycles. The number of amidine groups is 1. The van der Waals surface area contributed by atoms with Gasteiger partial charge in [0, 0.05) is 30.3 Å². The summed E-state index contributed by atoms with van der Waals surface area (Å²) in [4.78, 5) is 28.5. The Bertz CT molecular complexity index is 1200. The van der Waals surface area contributed by atoms with Gasteiger partial charge in [-0.05, 0) is 30.2 Å². The Kier molecular flexibility index (Phi) is 9.53. The van der Waals surface area contributed by atoms with Crippen molar-refractivity contribution < 1.29 is 28.2 Å². The average molecular weight is 494 g/mol. The molecule has 0 saturated heterocycles. The summed E-state index contributed by atoms with van der Waals surface area (Å²) >= 11 is 0. The van der Waals surface area contributed by atoms with Gasteiger partial charge in [-0.2, -0.15) is 4.99 Å². The number of ether oxygens (including phenoxy) is 3. The fraction of sp³-hybridized carbons (Fsp3) is 0.222. The lowest BCUT2D eigenvalue weighted by Gasteiger charge is -2.18. The van der Waals surface area contributed by atoms with E-state index in [9.17, 15) is 14.0 Å².